The minimum absolute atomic E-state index is 0.0376. The van der Waals surface area contributed by atoms with Gasteiger partial charge in [0.25, 0.3) is 0 Å². The molecule has 2 aromatic heterocycles. The van der Waals surface area contributed by atoms with Gasteiger partial charge in [0.1, 0.15) is 5.82 Å². The van der Waals surface area contributed by atoms with Crippen molar-refractivity contribution in [2.75, 3.05) is 36.0 Å². The molecular formula is C13H16N4OS. The van der Waals surface area contributed by atoms with E-state index in [4.69, 9.17) is 0 Å². The van der Waals surface area contributed by atoms with Crippen molar-refractivity contribution in [1.29, 1.82) is 0 Å². The molecular weight excluding hydrogens is 260 g/mol. The second-order valence-electron chi connectivity index (χ2n) is 4.43. The predicted octanol–water partition coefficient (Wildman–Crippen LogP) is 1.36. The van der Waals surface area contributed by atoms with Crippen LogP contribution in [-0.2, 0) is 6.61 Å². The van der Waals surface area contributed by atoms with Gasteiger partial charge in [0, 0.05) is 49.5 Å². The maximum Gasteiger partial charge on any atom is 0.185 e. The standard InChI is InChI=1S/C13H16N4OS/c18-10-11-2-1-3-14-12(11)16-5-7-17(8-6-16)13-15-4-9-19-13/h1-4,9,18H,5-8,10H2. The lowest BCUT2D eigenvalue weighted by Gasteiger charge is -2.35. The molecule has 6 heteroatoms. The van der Waals surface area contributed by atoms with Gasteiger partial charge in [0.2, 0.25) is 0 Å². The third kappa shape index (κ3) is 2.54. The third-order valence-corrected chi connectivity index (χ3v) is 4.14. The van der Waals surface area contributed by atoms with E-state index in [1.807, 2.05) is 23.7 Å². The van der Waals surface area contributed by atoms with Crippen LogP contribution in [0.2, 0.25) is 0 Å². The molecule has 1 N–H and O–H groups in total. The Morgan fingerprint density at radius 3 is 2.58 bits per heavy atom. The van der Waals surface area contributed by atoms with Gasteiger partial charge in [-0.3, -0.25) is 0 Å². The molecule has 1 aliphatic rings. The number of hydrogen-bond acceptors (Lipinski definition) is 6. The monoisotopic (exact) mass is 276 g/mol. The lowest BCUT2D eigenvalue weighted by atomic mass is 10.2. The highest BCUT2D eigenvalue weighted by Gasteiger charge is 2.20. The summed E-state index contributed by atoms with van der Waals surface area (Å²) < 4.78 is 0. The Labute approximate surface area is 116 Å². The first kappa shape index (κ1) is 12.4. The highest BCUT2D eigenvalue weighted by atomic mass is 32.1. The van der Waals surface area contributed by atoms with Crippen LogP contribution in [0.25, 0.3) is 0 Å². The maximum atomic E-state index is 9.37. The van der Waals surface area contributed by atoms with Crippen LogP contribution in [0.4, 0.5) is 10.9 Å². The summed E-state index contributed by atoms with van der Waals surface area (Å²) in [5.41, 5.74) is 0.894. The molecule has 0 unspecified atom stereocenters. The van der Waals surface area contributed by atoms with Crippen molar-refractivity contribution in [1.82, 2.24) is 9.97 Å². The fourth-order valence-electron chi connectivity index (χ4n) is 2.32. The molecule has 0 atom stereocenters. The summed E-state index contributed by atoms with van der Waals surface area (Å²) in [7, 11) is 0. The number of piperazine rings is 1. The lowest BCUT2D eigenvalue weighted by molar-refractivity contribution is 0.281. The first-order valence-electron chi connectivity index (χ1n) is 6.32. The average molecular weight is 276 g/mol. The number of thiazole rings is 1. The number of rotatable bonds is 3. The number of hydrogen-bond donors (Lipinski definition) is 1. The van der Waals surface area contributed by atoms with Crippen molar-refractivity contribution in [2.24, 2.45) is 0 Å². The van der Waals surface area contributed by atoms with Crippen LogP contribution in [-0.4, -0.2) is 41.3 Å². The summed E-state index contributed by atoms with van der Waals surface area (Å²) in [6.45, 7) is 3.73. The van der Waals surface area contributed by atoms with Gasteiger partial charge in [-0.15, -0.1) is 11.3 Å². The molecule has 1 aliphatic heterocycles. The molecule has 19 heavy (non-hydrogen) atoms. The van der Waals surface area contributed by atoms with Crippen molar-refractivity contribution in [3.05, 3.63) is 35.5 Å². The molecule has 0 amide bonds. The number of aromatic nitrogens is 2. The molecule has 1 fully saturated rings. The van der Waals surface area contributed by atoms with E-state index in [1.54, 1.807) is 17.5 Å². The van der Waals surface area contributed by atoms with Crippen LogP contribution in [0.15, 0.2) is 29.9 Å². The molecule has 5 nitrogen and oxygen atoms in total. The summed E-state index contributed by atoms with van der Waals surface area (Å²) in [4.78, 5) is 13.3. The summed E-state index contributed by atoms with van der Waals surface area (Å²) in [6.07, 6.45) is 3.62. The van der Waals surface area contributed by atoms with E-state index in [2.05, 4.69) is 19.8 Å². The molecule has 0 aliphatic carbocycles. The molecule has 3 rings (SSSR count). The molecule has 3 heterocycles. The highest BCUT2D eigenvalue weighted by molar-refractivity contribution is 7.13. The highest BCUT2D eigenvalue weighted by Crippen LogP contribution is 2.22. The van der Waals surface area contributed by atoms with Crippen LogP contribution in [0.5, 0.6) is 0 Å². The number of anilines is 2. The van der Waals surface area contributed by atoms with Gasteiger partial charge in [0.05, 0.1) is 6.61 Å². The largest absolute Gasteiger partial charge is 0.392 e. The van der Waals surface area contributed by atoms with E-state index in [1.165, 1.54) is 0 Å². The molecule has 0 bridgehead atoms. The van der Waals surface area contributed by atoms with Gasteiger partial charge in [-0.1, -0.05) is 6.07 Å². The second-order valence-corrected chi connectivity index (χ2v) is 5.31. The topological polar surface area (TPSA) is 52.5 Å². The average Bonchev–Trinajstić information content (AvgIpc) is 3.02. The van der Waals surface area contributed by atoms with E-state index in [-0.39, 0.29) is 6.61 Å². The number of aliphatic hydroxyl groups excluding tert-OH is 1. The first-order valence-corrected chi connectivity index (χ1v) is 7.20. The summed E-state index contributed by atoms with van der Waals surface area (Å²) in [5, 5.41) is 12.5. The van der Waals surface area contributed by atoms with Gasteiger partial charge in [-0.2, -0.15) is 0 Å². The maximum absolute atomic E-state index is 9.37. The summed E-state index contributed by atoms with van der Waals surface area (Å²) in [5.74, 6) is 0.906. The molecule has 0 radical (unpaired) electrons. The van der Waals surface area contributed by atoms with E-state index >= 15 is 0 Å². The zero-order valence-corrected chi connectivity index (χ0v) is 11.4. The summed E-state index contributed by atoms with van der Waals surface area (Å²) in [6, 6.07) is 3.79. The Morgan fingerprint density at radius 1 is 1.11 bits per heavy atom. The Morgan fingerprint density at radius 2 is 1.89 bits per heavy atom. The second kappa shape index (κ2) is 5.54. The van der Waals surface area contributed by atoms with E-state index in [0.717, 1.165) is 42.7 Å². The Kier molecular flexibility index (Phi) is 3.61. The van der Waals surface area contributed by atoms with Gasteiger partial charge in [0.15, 0.2) is 5.13 Å². The minimum atomic E-state index is 0.0376. The van der Waals surface area contributed by atoms with Crippen LogP contribution < -0.4 is 9.80 Å². The van der Waals surface area contributed by atoms with Gasteiger partial charge < -0.3 is 14.9 Å². The van der Waals surface area contributed by atoms with Gasteiger partial charge in [-0.25, -0.2) is 9.97 Å². The van der Waals surface area contributed by atoms with Crippen LogP contribution in [0.1, 0.15) is 5.56 Å². The Balaban J connectivity index is 1.70. The zero-order valence-electron chi connectivity index (χ0n) is 10.6. The lowest BCUT2D eigenvalue weighted by Crippen LogP contribution is -2.47. The molecule has 1 saturated heterocycles. The van der Waals surface area contributed by atoms with E-state index < -0.39 is 0 Å². The fourth-order valence-corrected chi connectivity index (χ4v) is 3.02. The first-order chi connectivity index (χ1) is 9.38. The smallest absolute Gasteiger partial charge is 0.185 e. The van der Waals surface area contributed by atoms with Crippen molar-refractivity contribution < 1.29 is 5.11 Å². The van der Waals surface area contributed by atoms with Crippen molar-refractivity contribution in [3.63, 3.8) is 0 Å². The number of aliphatic hydroxyl groups is 1. The number of nitrogens with zero attached hydrogens (tertiary/aromatic N) is 4. The Hall–Kier alpha value is -1.66. The Bertz CT molecular complexity index is 523. The predicted molar refractivity (Wildman–Crippen MR) is 76.7 cm³/mol. The van der Waals surface area contributed by atoms with E-state index in [9.17, 15) is 5.11 Å². The van der Waals surface area contributed by atoms with Crippen molar-refractivity contribution in [3.8, 4) is 0 Å². The molecule has 100 valence electrons. The minimum Gasteiger partial charge on any atom is -0.392 e. The fraction of sp³-hybridized carbons (Fsp3) is 0.385. The van der Waals surface area contributed by atoms with Crippen LogP contribution in [0, 0.1) is 0 Å². The molecule has 0 spiro atoms. The molecule has 0 aromatic carbocycles. The van der Waals surface area contributed by atoms with Gasteiger partial charge >= 0.3 is 0 Å². The molecule has 0 saturated carbocycles. The van der Waals surface area contributed by atoms with Crippen LogP contribution >= 0.6 is 11.3 Å². The molecule has 2 aromatic rings. The SMILES string of the molecule is OCc1cccnc1N1CCN(c2nccs2)CC1. The zero-order chi connectivity index (χ0) is 13.1. The summed E-state index contributed by atoms with van der Waals surface area (Å²) >= 11 is 1.67. The van der Waals surface area contributed by atoms with Gasteiger partial charge in [-0.05, 0) is 6.07 Å². The third-order valence-electron chi connectivity index (χ3n) is 3.31. The normalized spacial score (nSPS) is 15.8. The van der Waals surface area contributed by atoms with Crippen molar-refractivity contribution in [2.45, 2.75) is 6.61 Å². The quantitative estimate of drug-likeness (QED) is 0.917. The van der Waals surface area contributed by atoms with Crippen LogP contribution in [0.3, 0.4) is 0 Å². The van der Waals surface area contributed by atoms with Crippen molar-refractivity contribution >= 4 is 22.3 Å². The number of pyridine rings is 1. The van der Waals surface area contributed by atoms with E-state index in [0.29, 0.717) is 0 Å².